The van der Waals surface area contributed by atoms with Gasteiger partial charge >= 0.3 is 11.3 Å². The summed E-state index contributed by atoms with van der Waals surface area (Å²) in [6.45, 7) is 2.41. The Bertz CT molecular complexity index is 1670. The van der Waals surface area contributed by atoms with Crippen molar-refractivity contribution in [2.75, 3.05) is 6.61 Å². The van der Waals surface area contributed by atoms with E-state index in [9.17, 15) is 9.59 Å². The lowest BCUT2D eigenvalue weighted by molar-refractivity contribution is 0.306. The van der Waals surface area contributed by atoms with Gasteiger partial charge in [0.25, 0.3) is 0 Å². The third-order valence-corrected chi connectivity index (χ3v) is 6.18. The lowest BCUT2D eigenvalue weighted by Crippen LogP contribution is -2.07. The highest BCUT2D eigenvalue weighted by atomic mass is 35.5. The summed E-state index contributed by atoms with van der Waals surface area (Å²) in [7, 11) is 0. The van der Waals surface area contributed by atoms with Crippen molar-refractivity contribution in [1.29, 1.82) is 0 Å². The van der Waals surface area contributed by atoms with Crippen LogP contribution in [-0.2, 0) is 6.61 Å². The van der Waals surface area contributed by atoms with E-state index < -0.39 is 11.3 Å². The summed E-state index contributed by atoms with van der Waals surface area (Å²) < 4.78 is 22.4. The first-order chi connectivity index (χ1) is 16.9. The summed E-state index contributed by atoms with van der Waals surface area (Å²) >= 11 is 12.4. The molecular weight excluding hydrogens is 491 g/mol. The number of para-hydroxylation sites is 1. The van der Waals surface area contributed by atoms with Gasteiger partial charge in [0.1, 0.15) is 17.9 Å². The number of hydrogen-bond acceptors (Lipinski definition) is 6. The van der Waals surface area contributed by atoms with Crippen molar-refractivity contribution in [2.24, 2.45) is 0 Å². The minimum atomic E-state index is -0.610. The van der Waals surface area contributed by atoms with Crippen LogP contribution in [-0.4, -0.2) is 6.61 Å². The molecule has 3 aromatic carbocycles. The van der Waals surface area contributed by atoms with Crippen molar-refractivity contribution >= 4 is 45.1 Å². The predicted molar refractivity (Wildman–Crippen MR) is 136 cm³/mol. The summed E-state index contributed by atoms with van der Waals surface area (Å²) in [5, 5.41) is 2.20. The molecule has 2 heterocycles. The fraction of sp³-hybridized carbons (Fsp3) is 0.111. The minimum absolute atomic E-state index is 0.129. The maximum Gasteiger partial charge on any atom is 0.344 e. The molecule has 35 heavy (non-hydrogen) atoms. The van der Waals surface area contributed by atoms with Gasteiger partial charge in [-0.3, -0.25) is 0 Å². The van der Waals surface area contributed by atoms with Gasteiger partial charge in [0.15, 0.2) is 11.3 Å². The molecule has 0 bridgehead atoms. The van der Waals surface area contributed by atoms with E-state index in [1.807, 2.05) is 19.1 Å². The van der Waals surface area contributed by atoms with Crippen LogP contribution in [0.5, 0.6) is 11.5 Å². The zero-order valence-corrected chi connectivity index (χ0v) is 20.0. The molecule has 0 fully saturated rings. The molecule has 8 heteroatoms. The normalized spacial score (nSPS) is 11.2. The van der Waals surface area contributed by atoms with Crippen LogP contribution in [0.3, 0.4) is 0 Å². The van der Waals surface area contributed by atoms with E-state index in [4.69, 9.17) is 41.5 Å². The van der Waals surface area contributed by atoms with Crippen LogP contribution < -0.4 is 20.7 Å². The number of benzene rings is 3. The third-order valence-electron chi connectivity index (χ3n) is 5.47. The average molecular weight is 509 g/mol. The number of fused-ring (bicyclic) bond motifs is 2. The monoisotopic (exact) mass is 508 g/mol. The lowest BCUT2D eigenvalue weighted by atomic mass is 10.0. The molecule has 5 aromatic rings. The van der Waals surface area contributed by atoms with Gasteiger partial charge in [-0.1, -0.05) is 41.4 Å². The van der Waals surface area contributed by atoms with Crippen LogP contribution in [0.4, 0.5) is 0 Å². The van der Waals surface area contributed by atoms with Gasteiger partial charge in [0.2, 0.25) is 0 Å². The van der Waals surface area contributed by atoms with Crippen LogP contribution >= 0.6 is 23.2 Å². The quantitative estimate of drug-likeness (QED) is 0.233. The maximum atomic E-state index is 12.9. The summed E-state index contributed by atoms with van der Waals surface area (Å²) in [6.07, 6.45) is 0. The van der Waals surface area contributed by atoms with Gasteiger partial charge in [0.05, 0.1) is 12.2 Å². The zero-order valence-electron chi connectivity index (χ0n) is 18.5. The molecule has 0 aliphatic carbocycles. The molecule has 6 nitrogen and oxygen atoms in total. The Labute approximate surface area is 209 Å². The van der Waals surface area contributed by atoms with Gasteiger partial charge in [-0.05, 0) is 43.3 Å². The number of rotatable bonds is 6. The van der Waals surface area contributed by atoms with Crippen molar-refractivity contribution in [3.8, 4) is 22.6 Å². The molecule has 176 valence electrons. The SMILES string of the molecule is CCOc1cccc2cc(-c3cc(=O)oc4cc(OCc5c(Cl)cccc5Cl)ccc34)c(=O)oc12. The van der Waals surface area contributed by atoms with Gasteiger partial charge in [-0.25, -0.2) is 9.59 Å². The largest absolute Gasteiger partial charge is 0.490 e. The van der Waals surface area contributed by atoms with Crippen molar-refractivity contribution < 1.29 is 18.3 Å². The molecule has 0 atom stereocenters. The molecule has 2 aromatic heterocycles. The molecular formula is C27H18Cl2O6. The lowest BCUT2D eigenvalue weighted by Gasteiger charge is -2.11. The van der Waals surface area contributed by atoms with E-state index in [2.05, 4.69) is 0 Å². The molecule has 0 amide bonds. The zero-order chi connectivity index (χ0) is 24.5. The Balaban J connectivity index is 1.57. The van der Waals surface area contributed by atoms with E-state index in [0.717, 1.165) is 0 Å². The second kappa shape index (κ2) is 9.49. The van der Waals surface area contributed by atoms with Gasteiger partial charge in [-0.2, -0.15) is 0 Å². The molecule has 0 spiro atoms. The number of halogens is 2. The van der Waals surface area contributed by atoms with E-state index in [1.165, 1.54) is 6.07 Å². The fourth-order valence-electron chi connectivity index (χ4n) is 3.86. The van der Waals surface area contributed by atoms with Gasteiger partial charge < -0.3 is 18.3 Å². The molecule has 0 saturated heterocycles. The second-order valence-corrected chi connectivity index (χ2v) is 8.50. The molecule has 5 rings (SSSR count). The second-order valence-electron chi connectivity index (χ2n) is 7.68. The van der Waals surface area contributed by atoms with Crippen molar-refractivity contribution in [2.45, 2.75) is 13.5 Å². The van der Waals surface area contributed by atoms with E-state index in [-0.39, 0.29) is 17.8 Å². The fourth-order valence-corrected chi connectivity index (χ4v) is 4.36. The van der Waals surface area contributed by atoms with Crippen LogP contribution in [0.1, 0.15) is 12.5 Å². The van der Waals surface area contributed by atoms with Crippen LogP contribution in [0, 0.1) is 0 Å². The maximum absolute atomic E-state index is 12.9. The standard InChI is InChI=1S/C27H18Cl2O6/c1-2-32-23-8-3-5-15-11-19(27(31)35-26(15)23)18-13-25(30)34-24-12-16(9-10-17(18)24)33-14-20-21(28)6-4-7-22(20)29/h3-13H,2,14H2,1H3. The molecule has 0 radical (unpaired) electrons. The average Bonchev–Trinajstić information content (AvgIpc) is 2.83. The van der Waals surface area contributed by atoms with Crippen LogP contribution in [0.15, 0.2) is 85.2 Å². The Kier molecular flexibility index (Phi) is 6.24. The Hall–Kier alpha value is -3.74. The molecule has 0 N–H and O–H groups in total. The highest BCUT2D eigenvalue weighted by Crippen LogP contribution is 2.32. The van der Waals surface area contributed by atoms with E-state index in [1.54, 1.807) is 48.5 Å². The highest BCUT2D eigenvalue weighted by molar-refractivity contribution is 6.35. The molecule has 0 unspecified atom stereocenters. The van der Waals surface area contributed by atoms with Crippen LogP contribution in [0.25, 0.3) is 33.1 Å². The van der Waals surface area contributed by atoms with Crippen molar-refractivity contribution in [3.63, 3.8) is 0 Å². The summed E-state index contributed by atoms with van der Waals surface area (Å²) in [6, 6.07) is 18.5. The van der Waals surface area contributed by atoms with Crippen molar-refractivity contribution in [1.82, 2.24) is 0 Å². The predicted octanol–water partition coefficient (Wildman–Crippen LogP) is 6.85. The van der Waals surface area contributed by atoms with Crippen LogP contribution in [0.2, 0.25) is 10.0 Å². The number of ether oxygens (including phenoxy) is 2. The third kappa shape index (κ3) is 4.50. The molecule has 0 saturated carbocycles. The van der Waals surface area contributed by atoms with E-state index >= 15 is 0 Å². The summed E-state index contributed by atoms with van der Waals surface area (Å²) in [5.74, 6) is 0.923. The van der Waals surface area contributed by atoms with E-state index in [0.29, 0.717) is 55.6 Å². The first-order valence-corrected chi connectivity index (χ1v) is 11.5. The van der Waals surface area contributed by atoms with Gasteiger partial charge in [-0.15, -0.1) is 0 Å². The first kappa shape index (κ1) is 23.0. The van der Waals surface area contributed by atoms with Crippen molar-refractivity contribution in [3.05, 3.63) is 103 Å². The smallest absolute Gasteiger partial charge is 0.344 e. The Morgan fingerprint density at radius 2 is 1.60 bits per heavy atom. The summed E-state index contributed by atoms with van der Waals surface area (Å²) in [5.41, 5.74) is 0.690. The molecule has 0 aliphatic heterocycles. The Morgan fingerprint density at radius 3 is 2.37 bits per heavy atom. The topological polar surface area (TPSA) is 78.9 Å². The minimum Gasteiger partial charge on any atom is -0.490 e. The first-order valence-electron chi connectivity index (χ1n) is 10.8. The number of hydrogen-bond donors (Lipinski definition) is 0. The highest BCUT2D eigenvalue weighted by Gasteiger charge is 2.16. The molecule has 0 aliphatic rings. The Morgan fingerprint density at radius 1 is 0.829 bits per heavy atom. The summed E-state index contributed by atoms with van der Waals surface area (Å²) in [4.78, 5) is 25.3. The van der Waals surface area contributed by atoms with Gasteiger partial charge in [0, 0.05) is 44.1 Å².